The predicted molar refractivity (Wildman–Crippen MR) is 156 cm³/mol. The number of carbonyl (C=O) groups excluding carboxylic acids is 1. The van der Waals surface area contributed by atoms with Crippen LogP contribution in [0.25, 0.3) is 10.8 Å². The summed E-state index contributed by atoms with van der Waals surface area (Å²) in [5.41, 5.74) is 6.00. The fraction of sp³-hybridized carbons (Fsp3) is 0.312. The van der Waals surface area contributed by atoms with E-state index in [1.165, 1.54) is 23.3 Å². The standard InChI is InChI=1S/C32H34N2O2S/c1-4-36-28-18-17-23(24-11-9-10-12-25(24)28)20-33-32-30(26-13-7-5-6-8-14-29(26)37-32)31(35)34-27-19-21(2)15-16-22(27)3/h9-12,15-20H,4-8,13-14H2,1-3H3,(H,34,35). The number of hydrogen-bond acceptors (Lipinski definition) is 4. The second-order valence-electron chi connectivity index (χ2n) is 9.76. The Hall–Kier alpha value is -3.44. The number of ether oxygens (including phenoxy) is 1. The van der Waals surface area contributed by atoms with Crippen molar-refractivity contribution in [2.45, 2.75) is 59.3 Å². The monoisotopic (exact) mass is 510 g/mol. The third-order valence-corrected chi connectivity index (χ3v) is 8.26. The number of aryl methyl sites for hydroxylation is 3. The van der Waals surface area contributed by atoms with Crippen LogP contribution in [0, 0.1) is 13.8 Å². The van der Waals surface area contributed by atoms with E-state index in [0.29, 0.717) is 6.61 Å². The van der Waals surface area contributed by atoms with E-state index in [2.05, 4.69) is 35.6 Å². The lowest BCUT2D eigenvalue weighted by Gasteiger charge is -2.13. The minimum atomic E-state index is -0.0597. The lowest BCUT2D eigenvalue weighted by Crippen LogP contribution is -2.15. The fourth-order valence-electron chi connectivity index (χ4n) is 5.10. The highest BCUT2D eigenvalue weighted by Gasteiger charge is 2.24. The molecule has 37 heavy (non-hydrogen) atoms. The Balaban J connectivity index is 1.56. The molecule has 5 rings (SSSR count). The molecule has 1 aliphatic carbocycles. The van der Waals surface area contributed by atoms with Crippen LogP contribution in [0.15, 0.2) is 59.6 Å². The summed E-state index contributed by atoms with van der Waals surface area (Å²) < 4.78 is 5.85. The number of benzene rings is 3. The van der Waals surface area contributed by atoms with Crippen LogP contribution in [-0.4, -0.2) is 18.7 Å². The Morgan fingerprint density at radius 3 is 2.59 bits per heavy atom. The third kappa shape index (κ3) is 5.47. The maximum absolute atomic E-state index is 13.8. The molecule has 0 unspecified atom stereocenters. The maximum Gasteiger partial charge on any atom is 0.259 e. The van der Waals surface area contributed by atoms with Crippen molar-refractivity contribution in [1.82, 2.24) is 0 Å². The van der Waals surface area contributed by atoms with Crippen LogP contribution in [0.5, 0.6) is 5.75 Å². The van der Waals surface area contributed by atoms with Gasteiger partial charge in [0.25, 0.3) is 5.91 Å². The van der Waals surface area contributed by atoms with Gasteiger partial charge in [0.2, 0.25) is 0 Å². The van der Waals surface area contributed by atoms with Gasteiger partial charge in [0.05, 0.1) is 12.2 Å². The molecule has 0 fully saturated rings. The number of anilines is 1. The summed E-state index contributed by atoms with van der Waals surface area (Å²) in [6, 6.07) is 18.5. The summed E-state index contributed by atoms with van der Waals surface area (Å²) in [5, 5.41) is 6.17. The molecule has 0 saturated carbocycles. The number of aliphatic imine (C=N–C) groups is 1. The number of nitrogens with one attached hydrogen (secondary N) is 1. The van der Waals surface area contributed by atoms with Crippen molar-refractivity contribution in [3.8, 4) is 5.75 Å². The van der Waals surface area contributed by atoms with Crippen molar-refractivity contribution in [2.75, 3.05) is 11.9 Å². The van der Waals surface area contributed by atoms with E-state index in [4.69, 9.17) is 9.73 Å². The van der Waals surface area contributed by atoms with Gasteiger partial charge >= 0.3 is 0 Å². The van der Waals surface area contributed by atoms with E-state index in [9.17, 15) is 4.79 Å². The van der Waals surface area contributed by atoms with Gasteiger partial charge in [-0.1, -0.05) is 49.2 Å². The summed E-state index contributed by atoms with van der Waals surface area (Å²) in [7, 11) is 0. The summed E-state index contributed by atoms with van der Waals surface area (Å²) in [6.45, 7) is 6.70. The Kier molecular flexibility index (Phi) is 7.71. The van der Waals surface area contributed by atoms with Crippen molar-refractivity contribution in [3.63, 3.8) is 0 Å². The van der Waals surface area contributed by atoms with E-state index in [0.717, 1.165) is 75.1 Å². The van der Waals surface area contributed by atoms with Gasteiger partial charge in [-0.05, 0) is 86.7 Å². The first-order chi connectivity index (χ1) is 18.0. The summed E-state index contributed by atoms with van der Waals surface area (Å²) in [4.78, 5) is 20.1. The lowest BCUT2D eigenvalue weighted by molar-refractivity contribution is 0.102. The third-order valence-electron chi connectivity index (χ3n) is 7.06. The molecule has 1 aliphatic rings. The highest BCUT2D eigenvalue weighted by Crippen LogP contribution is 2.40. The van der Waals surface area contributed by atoms with Crippen molar-refractivity contribution in [1.29, 1.82) is 0 Å². The average Bonchev–Trinajstić information content (AvgIpc) is 3.22. The highest BCUT2D eigenvalue weighted by atomic mass is 32.1. The van der Waals surface area contributed by atoms with Gasteiger partial charge < -0.3 is 10.1 Å². The van der Waals surface area contributed by atoms with Gasteiger partial charge in [-0.15, -0.1) is 11.3 Å². The molecule has 1 amide bonds. The number of thiophene rings is 1. The predicted octanol–water partition coefficient (Wildman–Crippen LogP) is 8.58. The zero-order valence-corrected chi connectivity index (χ0v) is 22.7. The van der Waals surface area contributed by atoms with E-state index < -0.39 is 0 Å². The molecule has 1 heterocycles. The van der Waals surface area contributed by atoms with Crippen LogP contribution < -0.4 is 10.1 Å². The van der Waals surface area contributed by atoms with Gasteiger partial charge in [0.15, 0.2) is 0 Å². The molecule has 1 N–H and O–H groups in total. The van der Waals surface area contributed by atoms with Crippen molar-refractivity contribution >= 4 is 44.9 Å². The molecule has 0 spiro atoms. The quantitative estimate of drug-likeness (QED) is 0.264. The molecule has 0 atom stereocenters. The minimum absolute atomic E-state index is 0.0597. The van der Waals surface area contributed by atoms with Crippen molar-refractivity contribution < 1.29 is 9.53 Å². The summed E-state index contributed by atoms with van der Waals surface area (Å²) in [5.74, 6) is 0.818. The van der Waals surface area contributed by atoms with E-state index in [1.54, 1.807) is 11.3 Å². The molecule has 0 aliphatic heterocycles. The summed E-state index contributed by atoms with van der Waals surface area (Å²) >= 11 is 1.68. The zero-order chi connectivity index (χ0) is 25.8. The normalized spacial score (nSPS) is 13.8. The Morgan fingerprint density at radius 1 is 1.00 bits per heavy atom. The SMILES string of the molecule is CCOc1ccc(C=Nc2sc3c(c2C(=O)Nc2cc(C)ccc2C)CCCCCC3)c2ccccc12. The van der Waals surface area contributed by atoms with Crippen LogP contribution in [0.4, 0.5) is 10.7 Å². The zero-order valence-electron chi connectivity index (χ0n) is 21.9. The molecule has 5 heteroatoms. The first kappa shape index (κ1) is 25.2. The van der Waals surface area contributed by atoms with E-state index in [1.807, 2.05) is 51.3 Å². The Morgan fingerprint density at radius 2 is 1.78 bits per heavy atom. The van der Waals surface area contributed by atoms with Crippen LogP contribution in [-0.2, 0) is 12.8 Å². The van der Waals surface area contributed by atoms with Crippen molar-refractivity contribution in [2.24, 2.45) is 4.99 Å². The van der Waals surface area contributed by atoms with Gasteiger partial charge in [-0.2, -0.15) is 0 Å². The molecule has 1 aromatic heterocycles. The van der Waals surface area contributed by atoms with Gasteiger partial charge in [0, 0.05) is 27.7 Å². The number of hydrogen-bond donors (Lipinski definition) is 1. The second-order valence-corrected chi connectivity index (χ2v) is 10.8. The Bertz CT molecular complexity index is 1470. The molecule has 0 radical (unpaired) electrons. The fourth-order valence-corrected chi connectivity index (χ4v) is 6.33. The van der Waals surface area contributed by atoms with Crippen LogP contribution in [0.2, 0.25) is 0 Å². The topological polar surface area (TPSA) is 50.7 Å². The first-order valence-electron chi connectivity index (χ1n) is 13.3. The average molecular weight is 511 g/mol. The van der Waals surface area contributed by atoms with E-state index in [-0.39, 0.29) is 5.91 Å². The molecule has 3 aromatic carbocycles. The van der Waals surface area contributed by atoms with Gasteiger partial charge in [0.1, 0.15) is 10.8 Å². The molecule has 4 aromatic rings. The summed E-state index contributed by atoms with van der Waals surface area (Å²) in [6.07, 6.45) is 8.60. The molecule has 0 bridgehead atoms. The largest absolute Gasteiger partial charge is 0.493 e. The number of amides is 1. The second kappa shape index (κ2) is 11.3. The van der Waals surface area contributed by atoms with Crippen LogP contribution in [0.1, 0.15) is 70.1 Å². The number of carbonyl (C=O) groups is 1. The number of nitrogens with zero attached hydrogens (tertiary/aromatic N) is 1. The van der Waals surface area contributed by atoms with Gasteiger partial charge in [-0.3, -0.25) is 4.79 Å². The molecule has 0 saturated heterocycles. The number of rotatable bonds is 6. The number of fused-ring (bicyclic) bond motifs is 2. The minimum Gasteiger partial charge on any atom is -0.493 e. The van der Waals surface area contributed by atoms with E-state index >= 15 is 0 Å². The Labute approximate surface area is 223 Å². The lowest BCUT2D eigenvalue weighted by atomic mass is 9.96. The van der Waals surface area contributed by atoms with Crippen LogP contribution >= 0.6 is 11.3 Å². The maximum atomic E-state index is 13.8. The highest BCUT2D eigenvalue weighted by molar-refractivity contribution is 7.16. The first-order valence-corrected chi connectivity index (χ1v) is 14.1. The van der Waals surface area contributed by atoms with Crippen molar-refractivity contribution in [3.05, 3.63) is 87.3 Å². The smallest absolute Gasteiger partial charge is 0.259 e. The molecular formula is C32H34N2O2S. The van der Waals surface area contributed by atoms with Gasteiger partial charge in [-0.25, -0.2) is 4.99 Å². The molecular weight excluding hydrogens is 476 g/mol. The molecule has 4 nitrogen and oxygen atoms in total. The van der Waals surface area contributed by atoms with Crippen LogP contribution in [0.3, 0.4) is 0 Å². The molecule has 190 valence electrons.